The molecular formula is C13H16N2O5S. The van der Waals surface area contributed by atoms with Crippen molar-refractivity contribution in [2.24, 2.45) is 5.73 Å². The van der Waals surface area contributed by atoms with Crippen molar-refractivity contribution in [2.75, 3.05) is 25.5 Å². The molecule has 0 atom stereocenters. The molecule has 1 saturated heterocycles. The van der Waals surface area contributed by atoms with Crippen LogP contribution in [-0.2, 0) is 30.7 Å². The van der Waals surface area contributed by atoms with Gasteiger partial charge < -0.3 is 10.5 Å². The van der Waals surface area contributed by atoms with Gasteiger partial charge in [0, 0.05) is 13.1 Å². The number of hydrogen-bond donors (Lipinski definition) is 1. The van der Waals surface area contributed by atoms with Gasteiger partial charge in [-0.05, 0) is 17.7 Å². The van der Waals surface area contributed by atoms with Gasteiger partial charge in [0.25, 0.3) is 11.8 Å². The van der Waals surface area contributed by atoms with Crippen molar-refractivity contribution in [3.63, 3.8) is 0 Å². The molecule has 0 radical (unpaired) electrons. The number of ether oxygens (including phenoxy) is 1. The van der Waals surface area contributed by atoms with Gasteiger partial charge in [-0.25, -0.2) is 8.42 Å². The maximum atomic E-state index is 12.2. The second kappa shape index (κ2) is 6.33. The van der Waals surface area contributed by atoms with Crippen molar-refractivity contribution in [1.82, 2.24) is 4.90 Å². The smallest absolute Gasteiger partial charge is 0.255 e. The minimum Gasteiger partial charge on any atom is -0.362 e. The summed E-state index contributed by atoms with van der Waals surface area (Å²) >= 11 is 0. The van der Waals surface area contributed by atoms with Gasteiger partial charge in [0.1, 0.15) is 13.2 Å². The first-order chi connectivity index (χ1) is 9.94. The molecule has 1 fully saturated rings. The normalized spacial score (nSPS) is 16.3. The molecule has 2 amide bonds. The number of nitrogens with zero attached hydrogens (tertiary/aromatic N) is 1. The van der Waals surface area contributed by atoms with E-state index in [1.165, 1.54) is 12.1 Å². The summed E-state index contributed by atoms with van der Waals surface area (Å²) in [5, 5.41) is 0. The Labute approximate surface area is 122 Å². The molecule has 7 nitrogen and oxygen atoms in total. The van der Waals surface area contributed by atoms with E-state index < -0.39 is 21.7 Å². The molecule has 0 bridgehead atoms. The summed E-state index contributed by atoms with van der Waals surface area (Å²) in [7, 11) is -3.56. The number of benzene rings is 1. The Morgan fingerprint density at radius 1 is 1.10 bits per heavy atom. The molecule has 0 saturated carbocycles. The Morgan fingerprint density at radius 3 is 2.19 bits per heavy atom. The van der Waals surface area contributed by atoms with Crippen molar-refractivity contribution >= 4 is 21.7 Å². The summed E-state index contributed by atoms with van der Waals surface area (Å²) in [5.41, 5.74) is 6.28. The third kappa shape index (κ3) is 3.66. The Balaban J connectivity index is 2.06. The van der Waals surface area contributed by atoms with Crippen LogP contribution in [0.3, 0.4) is 0 Å². The molecule has 2 rings (SSSR count). The minimum absolute atomic E-state index is 0.146. The van der Waals surface area contributed by atoms with E-state index in [4.69, 9.17) is 10.5 Å². The molecule has 8 heteroatoms. The molecule has 0 spiro atoms. The molecule has 0 aliphatic carbocycles. The van der Waals surface area contributed by atoms with Crippen molar-refractivity contribution < 1.29 is 22.7 Å². The van der Waals surface area contributed by atoms with E-state index in [0.29, 0.717) is 6.54 Å². The summed E-state index contributed by atoms with van der Waals surface area (Å²) in [6.07, 6.45) is 0. The van der Waals surface area contributed by atoms with Crippen LogP contribution in [0.15, 0.2) is 29.2 Å². The zero-order valence-electron chi connectivity index (χ0n) is 11.3. The molecule has 0 aromatic heterocycles. The predicted molar refractivity (Wildman–Crippen MR) is 73.9 cm³/mol. The van der Waals surface area contributed by atoms with Gasteiger partial charge in [-0.3, -0.25) is 14.5 Å². The lowest BCUT2D eigenvalue weighted by Gasteiger charge is -2.24. The van der Waals surface area contributed by atoms with Crippen molar-refractivity contribution in [1.29, 1.82) is 0 Å². The predicted octanol–water partition coefficient (Wildman–Crippen LogP) is -0.696. The summed E-state index contributed by atoms with van der Waals surface area (Å²) < 4.78 is 29.1. The van der Waals surface area contributed by atoms with E-state index >= 15 is 0 Å². The monoisotopic (exact) mass is 312 g/mol. The molecule has 1 aliphatic rings. The van der Waals surface area contributed by atoms with Gasteiger partial charge in [-0.15, -0.1) is 0 Å². The summed E-state index contributed by atoms with van der Waals surface area (Å²) in [5.74, 6) is -1.34. The third-order valence-electron chi connectivity index (χ3n) is 3.15. The number of sulfone groups is 1. The van der Waals surface area contributed by atoms with E-state index in [1.54, 1.807) is 12.1 Å². The van der Waals surface area contributed by atoms with Crippen molar-refractivity contribution in [2.45, 2.75) is 11.4 Å². The van der Waals surface area contributed by atoms with E-state index in [0.717, 1.165) is 10.5 Å². The third-order valence-corrected chi connectivity index (χ3v) is 4.87. The van der Waals surface area contributed by atoms with Gasteiger partial charge in [-0.1, -0.05) is 12.1 Å². The number of rotatable bonds is 5. The number of morpholine rings is 1. The lowest BCUT2D eigenvalue weighted by molar-refractivity contribution is -0.158. The highest BCUT2D eigenvalue weighted by Crippen LogP contribution is 2.13. The summed E-state index contributed by atoms with van der Waals surface area (Å²) in [6.45, 7) is -0.229. The zero-order valence-corrected chi connectivity index (χ0v) is 12.1. The number of amides is 2. The Bertz CT molecular complexity index is 623. The van der Waals surface area contributed by atoms with Crippen LogP contribution in [0.5, 0.6) is 0 Å². The number of carbonyl (C=O) groups is 2. The van der Waals surface area contributed by atoms with Crippen LogP contribution in [0.25, 0.3) is 0 Å². The lowest BCUT2D eigenvalue weighted by atomic mass is 10.2. The first-order valence-corrected chi connectivity index (χ1v) is 8.02. The van der Waals surface area contributed by atoms with E-state index in [-0.39, 0.29) is 30.4 Å². The number of imide groups is 1. The van der Waals surface area contributed by atoms with Gasteiger partial charge in [-0.2, -0.15) is 0 Å². The first-order valence-electron chi connectivity index (χ1n) is 6.37. The Hall–Kier alpha value is -1.77. The van der Waals surface area contributed by atoms with Crippen LogP contribution in [-0.4, -0.2) is 50.6 Å². The fraction of sp³-hybridized carbons (Fsp3) is 0.385. The lowest BCUT2D eigenvalue weighted by Crippen LogP contribution is -2.47. The highest BCUT2D eigenvalue weighted by molar-refractivity contribution is 7.91. The summed E-state index contributed by atoms with van der Waals surface area (Å²) in [6, 6.07) is 6.22. The highest BCUT2D eigenvalue weighted by Gasteiger charge is 2.28. The van der Waals surface area contributed by atoms with Crippen molar-refractivity contribution in [3.05, 3.63) is 29.8 Å². The average Bonchev–Trinajstić information content (AvgIpc) is 2.47. The largest absolute Gasteiger partial charge is 0.362 e. The van der Waals surface area contributed by atoms with Gasteiger partial charge in [0.15, 0.2) is 9.84 Å². The van der Waals surface area contributed by atoms with Crippen molar-refractivity contribution in [3.8, 4) is 0 Å². The van der Waals surface area contributed by atoms with Crippen LogP contribution in [0.2, 0.25) is 0 Å². The van der Waals surface area contributed by atoms with Crippen LogP contribution in [0.1, 0.15) is 5.56 Å². The van der Waals surface area contributed by atoms with Gasteiger partial charge in [0.05, 0.1) is 10.6 Å². The second-order valence-electron chi connectivity index (χ2n) is 4.60. The standard InChI is InChI=1S/C13H16N2O5S/c14-7-10-1-3-11(4-2-10)21(18,19)6-5-15-12(16)8-20-9-13(15)17/h1-4H,5-9,14H2. The van der Waals surface area contributed by atoms with E-state index in [1.807, 2.05) is 0 Å². The highest BCUT2D eigenvalue weighted by atomic mass is 32.2. The number of carbonyl (C=O) groups excluding carboxylic acids is 2. The van der Waals surface area contributed by atoms with E-state index in [9.17, 15) is 18.0 Å². The van der Waals surface area contributed by atoms with Gasteiger partial charge in [0.2, 0.25) is 0 Å². The molecule has 1 aliphatic heterocycles. The molecule has 1 heterocycles. The zero-order chi connectivity index (χ0) is 15.5. The summed E-state index contributed by atoms with van der Waals surface area (Å²) in [4.78, 5) is 24.1. The molecule has 2 N–H and O–H groups in total. The maximum absolute atomic E-state index is 12.2. The SMILES string of the molecule is NCc1ccc(S(=O)(=O)CCN2C(=O)COCC2=O)cc1. The Kier molecular flexibility index (Phi) is 4.71. The Morgan fingerprint density at radius 2 is 1.67 bits per heavy atom. The van der Waals surface area contributed by atoms with Crippen LogP contribution in [0.4, 0.5) is 0 Å². The minimum atomic E-state index is -3.56. The van der Waals surface area contributed by atoms with Crippen LogP contribution < -0.4 is 5.73 Å². The van der Waals surface area contributed by atoms with E-state index in [2.05, 4.69) is 0 Å². The molecule has 0 unspecified atom stereocenters. The molecule has 21 heavy (non-hydrogen) atoms. The quantitative estimate of drug-likeness (QED) is 0.721. The molecule has 114 valence electrons. The first kappa shape index (κ1) is 15.6. The fourth-order valence-electron chi connectivity index (χ4n) is 1.93. The topological polar surface area (TPSA) is 107 Å². The van der Waals surface area contributed by atoms with Crippen LogP contribution in [0, 0.1) is 0 Å². The van der Waals surface area contributed by atoms with Gasteiger partial charge >= 0.3 is 0 Å². The maximum Gasteiger partial charge on any atom is 0.255 e. The number of nitrogens with two attached hydrogens (primary N) is 1. The second-order valence-corrected chi connectivity index (χ2v) is 6.71. The molecule has 1 aromatic carbocycles. The fourth-order valence-corrected chi connectivity index (χ4v) is 3.14. The average molecular weight is 312 g/mol. The molecular weight excluding hydrogens is 296 g/mol. The number of hydrogen-bond acceptors (Lipinski definition) is 6. The molecule has 1 aromatic rings. The van der Waals surface area contributed by atoms with Crippen LogP contribution >= 0.6 is 0 Å².